The highest BCUT2D eigenvalue weighted by atomic mass is 32.2. The average Bonchev–Trinajstić information content (AvgIpc) is 2.87. The molecule has 0 aromatic heterocycles. The number of anilines is 1. The molecule has 1 unspecified atom stereocenters. The van der Waals surface area contributed by atoms with E-state index in [-0.39, 0.29) is 12.0 Å². The Morgan fingerprint density at radius 1 is 1.28 bits per heavy atom. The van der Waals surface area contributed by atoms with E-state index in [1.165, 1.54) is 0 Å². The summed E-state index contributed by atoms with van der Waals surface area (Å²) in [6.07, 6.45) is 1.99. The molecule has 1 aromatic carbocycles. The number of hydrogen-bond acceptors (Lipinski definition) is 2. The van der Waals surface area contributed by atoms with Crippen molar-refractivity contribution < 1.29 is 17.8 Å². The number of halogens is 2. The summed E-state index contributed by atoms with van der Waals surface area (Å²) in [4.78, 5) is 10.5. The number of carbonyl (C=O) groups is 1. The molecular weight excluding hydrogens is 262 g/mol. The van der Waals surface area contributed by atoms with E-state index in [0.29, 0.717) is 13.1 Å². The van der Waals surface area contributed by atoms with Crippen LogP contribution >= 0.6 is 0 Å². The van der Waals surface area contributed by atoms with E-state index in [1.807, 2.05) is 0 Å². The summed E-state index contributed by atoms with van der Waals surface area (Å²) in [5, 5.41) is 0. The average molecular weight is 274 g/mol. The molecule has 1 N–H and O–H groups in total. The van der Waals surface area contributed by atoms with E-state index in [2.05, 4.69) is 4.72 Å². The monoisotopic (exact) mass is 274 g/mol. The molecule has 0 saturated carbocycles. The van der Waals surface area contributed by atoms with Gasteiger partial charge in [-0.3, -0.25) is 9.52 Å². The molecule has 1 heterocycles. The normalized spacial score (nSPS) is 17.7. The summed E-state index contributed by atoms with van der Waals surface area (Å²) >= 11 is -1.57. The van der Waals surface area contributed by atoms with Gasteiger partial charge in [0.15, 0.2) is 23.3 Å². The zero-order valence-corrected chi connectivity index (χ0v) is 10.3. The summed E-state index contributed by atoms with van der Waals surface area (Å²) in [5.74, 6) is -1.95. The lowest BCUT2D eigenvalue weighted by Gasteiger charge is -2.15. The van der Waals surface area contributed by atoms with E-state index >= 15 is 0 Å². The van der Waals surface area contributed by atoms with Crippen LogP contribution in [0.15, 0.2) is 12.1 Å². The van der Waals surface area contributed by atoms with Crippen molar-refractivity contribution in [3.8, 4) is 0 Å². The third-order valence-electron chi connectivity index (χ3n) is 2.74. The Morgan fingerprint density at radius 3 is 2.56 bits per heavy atom. The van der Waals surface area contributed by atoms with Crippen molar-refractivity contribution in [2.24, 2.45) is 0 Å². The van der Waals surface area contributed by atoms with Gasteiger partial charge in [-0.1, -0.05) is 0 Å². The quantitative estimate of drug-likeness (QED) is 0.852. The minimum Gasteiger partial charge on any atom is -0.298 e. The van der Waals surface area contributed by atoms with E-state index < -0.39 is 28.4 Å². The summed E-state index contributed by atoms with van der Waals surface area (Å²) in [6, 6.07) is 2.10. The maximum absolute atomic E-state index is 13.7. The van der Waals surface area contributed by atoms with Crippen molar-refractivity contribution in [3.05, 3.63) is 29.3 Å². The smallest absolute Gasteiger partial charge is 0.196 e. The summed E-state index contributed by atoms with van der Waals surface area (Å²) in [6.45, 7) is 1.34. The number of rotatable bonds is 4. The molecule has 1 fully saturated rings. The minimum atomic E-state index is -1.57. The Labute approximate surface area is 106 Å². The predicted octanol–water partition coefficient (Wildman–Crippen LogP) is 1.86. The molecule has 0 bridgehead atoms. The number of benzene rings is 1. The molecule has 98 valence electrons. The van der Waals surface area contributed by atoms with E-state index in [4.69, 9.17) is 0 Å². The van der Waals surface area contributed by atoms with Crippen LogP contribution in [0.2, 0.25) is 0 Å². The number of aldehydes is 1. The molecule has 0 amide bonds. The van der Waals surface area contributed by atoms with Gasteiger partial charge in [0.1, 0.15) is 5.82 Å². The highest BCUT2D eigenvalue weighted by Gasteiger charge is 2.20. The number of nitrogens with zero attached hydrogens (tertiary/aromatic N) is 1. The summed E-state index contributed by atoms with van der Waals surface area (Å²) in [5.41, 5.74) is -0.790. The van der Waals surface area contributed by atoms with Gasteiger partial charge in [0, 0.05) is 13.1 Å². The molecule has 1 saturated heterocycles. The van der Waals surface area contributed by atoms with Crippen LogP contribution in [0.4, 0.5) is 14.5 Å². The Kier molecular flexibility index (Phi) is 4.03. The van der Waals surface area contributed by atoms with Crippen LogP contribution in [0.5, 0.6) is 0 Å². The van der Waals surface area contributed by atoms with Crippen LogP contribution < -0.4 is 4.72 Å². The third kappa shape index (κ3) is 2.56. The molecule has 1 aliphatic rings. The van der Waals surface area contributed by atoms with Crippen molar-refractivity contribution in [2.75, 3.05) is 17.8 Å². The second kappa shape index (κ2) is 5.53. The minimum absolute atomic E-state index is 0.106. The van der Waals surface area contributed by atoms with Gasteiger partial charge in [-0.05, 0) is 25.0 Å². The highest BCUT2D eigenvalue weighted by molar-refractivity contribution is 7.84. The van der Waals surface area contributed by atoms with Gasteiger partial charge in [-0.25, -0.2) is 17.3 Å². The lowest BCUT2D eigenvalue weighted by atomic mass is 10.2. The van der Waals surface area contributed by atoms with Crippen molar-refractivity contribution in [3.63, 3.8) is 0 Å². The largest absolute Gasteiger partial charge is 0.298 e. The lowest BCUT2D eigenvalue weighted by molar-refractivity contribution is 0.111. The molecule has 1 atom stereocenters. The number of hydrogen-bond donors (Lipinski definition) is 1. The fourth-order valence-corrected chi connectivity index (χ4v) is 2.83. The number of nitrogens with one attached hydrogen (secondary N) is 1. The molecule has 0 spiro atoms. The van der Waals surface area contributed by atoms with Crippen LogP contribution in [-0.2, 0) is 11.2 Å². The topological polar surface area (TPSA) is 49.4 Å². The molecule has 7 heteroatoms. The second-order valence-corrected chi connectivity index (χ2v) is 5.15. The first kappa shape index (κ1) is 13.1. The fourth-order valence-electron chi connectivity index (χ4n) is 1.77. The molecule has 1 aromatic rings. The summed E-state index contributed by atoms with van der Waals surface area (Å²) in [7, 11) is 0. The Morgan fingerprint density at radius 2 is 1.94 bits per heavy atom. The molecule has 2 rings (SSSR count). The van der Waals surface area contributed by atoms with Crippen LogP contribution in [0, 0.1) is 11.6 Å². The van der Waals surface area contributed by atoms with E-state index in [1.54, 1.807) is 4.31 Å². The Balaban J connectivity index is 2.18. The van der Waals surface area contributed by atoms with Gasteiger partial charge in [0.2, 0.25) is 0 Å². The van der Waals surface area contributed by atoms with Crippen LogP contribution in [0.25, 0.3) is 0 Å². The lowest BCUT2D eigenvalue weighted by Crippen LogP contribution is -2.27. The molecule has 0 aliphatic carbocycles. The van der Waals surface area contributed by atoms with E-state index in [0.717, 1.165) is 25.0 Å². The Bertz CT molecular complexity index is 490. The predicted molar refractivity (Wildman–Crippen MR) is 64.3 cm³/mol. The molecular formula is C11H12F2N2O2S. The Hall–Kier alpha value is -1.34. The van der Waals surface area contributed by atoms with Crippen LogP contribution in [0.3, 0.4) is 0 Å². The maximum Gasteiger partial charge on any atom is 0.196 e. The van der Waals surface area contributed by atoms with Gasteiger partial charge in [-0.15, -0.1) is 0 Å². The van der Waals surface area contributed by atoms with Gasteiger partial charge < -0.3 is 0 Å². The highest BCUT2D eigenvalue weighted by Crippen LogP contribution is 2.21. The number of carbonyl (C=O) groups excluding carboxylic acids is 1. The standard InChI is InChI=1S/C11H12F2N2O2S/c12-9-3-4-10(11(13)8(9)7-16)14-18(17)15-5-1-2-6-15/h3-4,7,14H,1-2,5-6H2. The molecule has 0 radical (unpaired) electrons. The zero-order chi connectivity index (χ0) is 13.1. The first-order valence-electron chi connectivity index (χ1n) is 5.50. The van der Waals surface area contributed by atoms with Crippen molar-refractivity contribution in [2.45, 2.75) is 12.8 Å². The first-order chi connectivity index (χ1) is 8.63. The van der Waals surface area contributed by atoms with E-state index in [9.17, 15) is 17.8 Å². The van der Waals surface area contributed by atoms with Gasteiger partial charge in [-0.2, -0.15) is 0 Å². The zero-order valence-electron chi connectivity index (χ0n) is 9.49. The first-order valence-corrected chi connectivity index (χ1v) is 6.61. The van der Waals surface area contributed by atoms with Gasteiger partial charge in [0.25, 0.3) is 0 Å². The second-order valence-electron chi connectivity index (χ2n) is 3.93. The van der Waals surface area contributed by atoms with Gasteiger partial charge >= 0.3 is 0 Å². The SMILES string of the molecule is O=Cc1c(F)ccc(NS(=O)N2CCCC2)c1F. The molecule has 18 heavy (non-hydrogen) atoms. The molecule has 4 nitrogen and oxygen atoms in total. The third-order valence-corrected chi connectivity index (χ3v) is 3.97. The molecule has 1 aliphatic heterocycles. The van der Waals surface area contributed by atoms with Crippen LogP contribution in [-0.4, -0.2) is 27.9 Å². The summed E-state index contributed by atoms with van der Waals surface area (Å²) < 4.78 is 42.7. The van der Waals surface area contributed by atoms with Crippen molar-refractivity contribution >= 4 is 23.1 Å². The fraction of sp³-hybridized carbons (Fsp3) is 0.364. The van der Waals surface area contributed by atoms with Crippen molar-refractivity contribution in [1.82, 2.24) is 4.31 Å². The van der Waals surface area contributed by atoms with Gasteiger partial charge in [0.05, 0.1) is 11.3 Å². The van der Waals surface area contributed by atoms with Crippen molar-refractivity contribution in [1.29, 1.82) is 0 Å². The maximum atomic E-state index is 13.7. The van der Waals surface area contributed by atoms with Crippen LogP contribution in [0.1, 0.15) is 23.2 Å².